The van der Waals surface area contributed by atoms with Crippen molar-refractivity contribution in [2.45, 2.75) is 20.3 Å². The molecule has 1 amide bonds. The molecule has 4 heteroatoms. The maximum Gasteiger partial charge on any atom is 0.253 e. The fourth-order valence-electron chi connectivity index (χ4n) is 1.53. The first-order valence-corrected chi connectivity index (χ1v) is 6.30. The van der Waals surface area contributed by atoms with E-state index in [1.54, 1.807) is 31.1 Å². The molecule has 18 heavy (non-hydrogen) atoms. The van der Waals surface area contributed by atoms with Crippen LogP contribution in [0.4, 0.5) is 11.4 Å². The largest absolute Gasteiger partial charge is 0.397 e. The van der Waals surface area contributed by atoms with Crippen LogP contribution in [-0.4, -0.2) is 31.4 Å². The van der Waals surface area contributed by atoms with Gasteiger partial charge in [0.05, 0.1) is 11.4 Å². The fraction of sp³-hybridized carbons (Fsp3) is 0.500. The molecule has 0 bridgehead atoms. The average Bonchev–Trinajstić information content (AvgIpc) is 2.36. The first-order chi connectivity index (χ1) is 8.45. The highest BCUT2D eigenvalue weighted by atomic mass is 16.2. The van der Waals surface area contributed by atoms with Gasteiger partial charge in [-0.3, -0.25) is 4.79 Å². The van der Waals surface area contributed by atoms with Crippen LogP contribution < -0.4 is 11.1 Å². The quantitative estimate of drug-likeness (QED) is 0.788. The van der Waals surface area contributed by atoms with Crippen molar-refractivity contribution >= 4 is 17.3 Å². The summed E-state index contributed by atoms with van der Waals surface area (Å²) in [7, 11) is 3.48. The van der Waals surface area contributed by atoms with Crippen LogP contribution >= 0.6 is 0 Å². The summed E-state index contributed by atoms with van der Waals surface area (Å²) in [5, 5.41) is 3.30. The number of rotatable bonds is 5. The number of amides is 1. The molecule has 0 aliphatic rings. The second-order valence-corrected chi connectivity index (χ2v) is 4.90. The lowest BCUT2D eigenvalue weighted by Crippen LogP contribution is -2.22. The highest BCUT2D eigenvalue weighted by Crippen LogP contribution is 2.21. The Labute approximate surface area is 109 Å². The molecule has 1 rings (SSSR count). The van der Waals surface area contributed by atoms with Gasteiger partial charge in [-0.25, -0.2) is 0 Å². The lowest BCUT2D eigenvalue weighted by atomic mass is 10.1. The Kier molecular flexibility index (Phi) is 5.01. The Hall–Kier alpha value is -1.71. The molecule has 0 aliphatic heterocycles. The Morgan fingerprint density at radius 2 is 2.11 bits per heavy atom. The molecule has 1 aromatic carbocycles. The summed E-state index contributed by atoms with van der Waals surface area (Å²) in [4.78, 5) is 13.4. The molecule has 0 aromatic heterocycles. The summed E-state index contributed by atoms with van der Waals surface area (Å²) in [6, 6.07) is 5.35. The lowest BCUT2D eigenvalue weighted by Gasteiger charge is -2.15. The molecule has 0 heterocycles. The maximum atomic E-state index is 11.9. The Bertz CT molecular complexity index is 416. The zero-order chi connectivity index (χ0) is 13.7. The molecule has 0 radical (unpaired) electrons. The van der Waals surface area contributed by atoms with Gasteiger partial charge in [0.2, 0.25) is 0 Å². The molecule has 0 spiro atoms. The number of nitrogens with zero attached hydrogens (tertiary/aromatic N) is 1. The van der Waals surface area contributed by atoms with E-state index >= 15 is 0 Å². The number of hydrogen-bond acceptors (Lipinski definition) is 3. The number of carbonyl (C=O) groups excluding carboxylic acids is 1. The van der Waals surface area contributed by atoms with Crippen LogP contribution in [-0.2, 0) is 0 Å². The van der Waals surface area contributed by atoms with Crippen molar-refractivity contribution in [3.63, 3.8) is 0 Å². The van der Waals surface area contributed by atoms with Crippen molar-refractivity contribution in [1.29, 1.82) is 0 Å². The standard InChI is InChI=1S/C14H23N3O/c1-5-10(2)9-16-13-8-11(6-7-12(13)15)14(18)17(3)4/h6-8,10,16H,5,9,15H2,1-4H3. The number of carbonyl (C=O) groups is 1. The van der Waals surface area contributed by atoms with Crippen molar-refractivity contribution in [1.82, 2.24) is 4.90 Å². The summed E-state index contributed by atoms with van der Waals surface area (Å²) >= 11 is 0. The smallest absolute Gasteiger partial charge is 0.253 e. The van der Waals surface area contributed by atoms with E-state index in [0.29, 0.717) is 17.2 Å². The molecule has 1 unspecified atom stereocenters. The first-order valence-electron chi connectivity index (χ1n) is 6.30. The normalized spacial score (nSPS) is 12.0. The van der Waals surface area contributed by atoms with E-state index < -0.39 is 0 Å². The predicted octanol–water partition coefficient (Wildman–Crippen LogP) is 2.43. The SMILES string of the molecule is CCC(C)CNc1cc(C(=O)N(C)C)ccc1N. The summed E-state index contributed by atoms with van der Waals surface area (Å²) in [5.41, 5.74) is 8.07. The molecule has 0 fully saturated rings. The van der Waals surface area contributed by atoms with Crippen LogP contribution in [0.5, 0.6) is 0 Å². The molecule has 3 N–H and O–H groups in total. The number of hydrogen-bond donors (Lipinski definition) is 2. The number of anilines is 2. The van der Waals surface area contributed by atoms with Crippen molar-refractivity contribution in [2.75, 3.05) is 31.7 Å². The minimum atomic E-state index is -0.0124. The molecule has 0 saturated carbocycles. The second-order valence-electron chi connectivity index (χ2n) is 4.90. The molecule has 0 aliphatic carbocycles. The van der Waals surface area contributed by atoms with Crippen LogP contribution in [0.3, 0.4) is 0 Å². The van der Waals surface area contributed by atoms with Crippen LogP contribution in [0.1, 0.15) is 30.6 Å². The number of nitrogens with one attached hydrogen (secondary N) is 1. The number of nitrogens with two attached hydrogens (primary N) is 1. The lowest BCUT2D eigenvalue weighted by molar-refractivity contribution is 0.0827. The third-order valence-corrected chi connectivity index (χ3v) is 3.04. The molecular formula is C14H23N3O. The van der Waals surface area contributed by atoms with Gasteiger partial charge in [0.25, 0.3) is 5.91 Å². The van der Waals surface area contributed by atoms with Gasteiger partial charge in [0, 0.05) is 26.2 Å². The van der Waals surface area contributed by atoms with E-state index in [9.17, 15) is 4.79 Å². The Balaban J connectivity index is 2.84. The Morgan fingerprint density at radius 1 is 1.44 bits per heavy atom. The van der Waals surface area contributed by atoms with Crippen molar-refractivity contribution in [3.05, 3.63) is 23.8 Å². The van der Waals surface area contributed by atoms with E-state index in [1.807, 2.05) is 6.07 Å². The molecule has 100 valence electrons. The predicted molar refractivity (Wildman–Crippen MR) is 76.8 cm³/mol. The summed E-state index contributed by atoms with van der Waals surface area (Å²) in [5.74, 6) is 0.569. The first kappa shape index (κ1) is 14.4. The maximum absolute atomic E-state index is 11.9. The van der Waals surface area contributed by atoms with Gasteiger partial charge in [-0.1, -0.05) is 20.3 Å². The third-order valence-electron chi connectivity index (χ3n) is 3.04. The zero-order valence-electron chi connectivity index (χ0n) is 11.7. The van der Waals surface area contributed by atoms with E-state index in [0.717, 1.165) is 18.7 Å². The summed E-state index contributed by atoms with van der Waals surface area (Å²) in [6.07, 6.45) is 1.11. The van der Waals surface area contributed by atoms with Gasteiger partial charge < -0.3 is 16.0 Å². The third kappa shape index (κ3) is 3.65. The van der Waals surface area contributed by atoms with Gasteiger partial charge in [-0.05, 0) is 24.1 Å². The van der Waals surface area contributed by atoms with Gasteiger partial charge in [-0.2, -0.15) is 0 Å². The highest BCUT2D eigenvalue weighted by Gasteiger charge is 2.10. The zero-order valence-corrected chi connectivity index (χ0v) is 11.7. The molecule has 1 atom stereocenters. The summed E-state index contributed by atoms with van der Waals surface area (Å²) < 4.78 is 0. The molecule has 1 aromatic rings. The van der Waals surface area contributed by atoms with Crippen LogP contribution in [0, 0.1) is 5.92 Å². The van der Waals surface area contributed by atoms with E-state index in [2.05, 4.69) is 19.2 Å². The second kappa shape index (κ2) is 6.28. The average molecular weight is 249 g/mol. The van der Waals surface area contributed by atoms with Gasteiger partial charge in [0.15, 0.2) is 0 Å². The van der Waals surface area contributed by atoms with Crippen LogP contribution in [0.15, 0.2) is 18.2 Å². The monoisotopic (exact) mass is 249 g/mol. The minimum Gasteiger partial charge on any atom is -0.397 e. The van der Waals surface area contributed by atoms with Crippen LogP contribution in [0.2, 0.25) is 0 Å². The van der Waals surface area contributed by atoms with Gasteiger partial charge in [0.1, 0.15) is 0 Å². The Morgan fingerprint density at radius 3 is 2.67 bits per heavy atom. The van der Waals surface area contributed by atoms with Crippen molar-refractivity contribution in [2.24, 2.45) is 5.92 Å². The number of benzene rings is 1. The van der Waals surface area contributed by atoms with Crippen molar-refractivity contribution in [3.8, 4) is 0 Å². The van der Waals surface area contributed by atoms with Crippen LogP contribution in [0.25, 0.3) is 0 Å². The molecule has 4 nitrogen and oxygen atoms in total. The summed E-state index contributed by atoms with van der Waals surface area (Å²) in [6.45, 7) is 5.19. The van der Waals surface area contributed by atoms with Crippen molar-refractivity contribution < 1.29 is 4.79 Å². The highest BCUT2D eigenvalue weighted by molar-refractivity contribution is 5.95. The van der Waals surface area contributed by atoms with Gasteiger partial charge in [-0.15, -0.1) is 0 Å². The van der Waals surface area contributed by atoms with E-state index in [1.165, 1.54) is 0 Å². The fourth-order valence-corrected chi connectivity index (χ4v) is 1.53. The topological polar surface area (TPSA) is 58.4 Å². The molecule has 0 saturated heterocycles. The van der Waals surface area contributed by atoms with E-state index in [4.69, 9.17) is 5.73 Å². The van der Waals surface area contributed by atoms with Gasteiger partial charge >= 0.3 is 0 Å². The molecular weight excluding hydrogens is 226 g/mol. The minimum absolute atomic E-state index is 0.0124. The van der Waals surface area contributed by atoms with E-state index in [-0.39, 0.29) is 5.91 Å². The number of nitrogen functional groups attached to an aromatic ring is 1.